The molecule has 1 aliphatic carbocycles. The minimum atomic E-state index is -0.218. The normalized spacial score (nSPS) is 32.7. The molecule has 3 atom stereocenters. The van der Waals surface area contributed by atoms with Crippen molar-refractivity contribution in [2.45, 2.75) is 57.9 Å². The Morgan fingerprint density at radius 2 is 2.20 bits per heavy atom. The molecule has 0 aliphatic heterocycles. The van der Waals surface area contributed by atoms with Crippen LogP contribution in [-0.2, 0) is 0 Å². The van der Waals surface area contributed by atoms with Gasteiger partial charge in [0, 0.05) is 0 Å². The molecule has 2 heteroatoms. The maximum Gasteiger partial charge on any atom is 0.0545 e. The molecule has 0 aromatic rings. The van der Waals surface area contributed by atoms with Crippen LogP contribution in [0.2, 0.25) is 0 Å². The Morgan fingerprint density at radius 1 is 1.60 bits per heavy atom. The molecule has 1 aliphatic rings. The number of aliphatic hydroxyl groups excluding tert-OH is 1. The Morgan fingerprint density at radius 3 is 2.73 bits per heavy atom. The van der Waals surface area contributed by atoms with Gasteiger partial charge in [0.2, 0.25) is 0 Å². The first-order valence-electron chi connectivity index (χ1n) is 5.85. The lowest BCUT2D eigenvalue weighted by Crippen LogP contribution is -2.34. The Hall–Kier alpha value is -0.0100. The molecule has 1 nitrogen and oxygen atoms in total. The third-order valence-electron chi connectivity index (χ3n) is 3.71. The Bertz CT molecular complexity index is 233. The number of aliphatic hydroxyl groups is 1. The average Bonchev–Trinajstić information content (AvgIpc) is 2.11. The lowest BCUT2D eigenvalue weighted by atomic mass is 9.65. The molecule has 0 spiro atoms. The van der Waals surface area contributed by atoms with E-state index < -0.39 is 0 Å². The summed E-state index contributed by atoms with van der Waals surface area (Å²) in [5.41, 5.74) is 1.46. The molecular formula is C13H23ClO. The van der Waals surface area contributed by atoms with Crippen molar-refractivity contribution >= 4 is 11.6 Å². The zero-order chi connectivity index (χ0) is 11.6. The van der Waals surface area contributed by atoms with E-state index in [2.05, 4.69) is 20.4 Å². The first-order chi connectivity index (χ1) is 6.84. The number of allylic oxidation sites excluding steroid dienone is 1. The predicted octanol–water partition coefficient (Wildman–Crippen LogP) is 3.75. The molecule has 1 N–H and O–H groups in total. The van der Waals surface area contributed by atoms with Gasteiger partial charge in [-0.05, 0) is 43.9 Å². The van der Waals surface area contributed by atoms with E-state index in [1.807, 2.05) is 6.92 Å². The van der Waals surface area contributed by atoms with Crippen LogP contribution in [0.5, 0.6) is 0 Å². The molecule has 0 saturated heterocycles. The number of alkyl halides is 1. The van der Waals surface area contributed by atoms with Crippen molar-refractivity contribution in [3.05, 3.63) is 12.2 Å². The first-order valence-corrected chi connectivity index (χ1v) is 6.29. The van der Waals surface area contributed by atoms with Gasteiger partial charge in [-0.3, -0.25) is 0 Å². The van der Waals surface area contributed by atoms with Crippen molar-refractivity contribution in [3.8, 4) is 0 Å². The highest BCUT2D eigenvalue weighted by atomic mass is 35.5. The molecule has 0 heterocycles. The molecular weight excluding hydrogens is 208 g/mol. The molecule has 0 aromatic heterocycles. The second kappa shape index (κ2) is 4.88. The summed E-state index contributed by atoms with van der Waals surface area (Å²) in [5.74, 6) is 0.461. The van der Waals surface area contributed by atoms with Crippen molar-refractivity contribution in [2.75, 3.05) is 0 Å². The fourth-order valence-electron chi connectivity index (χ4n) is 2.56. The second-order valence-corrected chi connectivity index (χ2v) is 6.08. The summed E-state index contributed by atoms with van der Waals surface area (Å²) in [7, 11) is 0. The molecule has 15 heavy (non-hydrogen) atoms. The minimum Gasteiger partial charge on any atom is -0.393 e. The SMILES string of the molecule is C=C1C(Cl)CCC(C)(C)C1CCC(C)O. The van der Waals surface area contributed by atoms with Gasteiger partial charge in [-0.25, -0.2) is 0 Å². The van der Waals surface area contributed by atoms with E-state index >= 15 is 0 Å². The summed E-state index contributed by atoms with van der Waals surface area (Å²) in [6.07, 6.45) is 3.83. The van der Waals surface area contributed by atoms with E-state index in [4.69, 9.17) is 11.6 Å². The summed E-state index contributed by atoms with van der Waals surface area (Å²) in [5, 5.41) is 9.48. The summed E-state index contributed by atoms with van der Waals surface area (Å²) >= 11 is 6.24. The lowest BCUT2D eigenvalue weighted by molar-refractivity contribution is 0.136. The monoisotopic (exact) mass is 230 g/mol. The minimum absolute atomic E-state index is 0.136. The van der Waals surface area contributed by atoms with Gasteiger partial charge in [-0.1, -0.05) is 26.0 Å². The third-order valence-corrected chi connectivity index (χ3v) is 4.21. The topological polar surface area (TPSA) is 20.2 Å². The number of rotatable bonds is 3. The number of halogens is 1. The van der Waals surface area contributed by atoms with Gasteiger partial charge in [-0.15, -0.1) is 11.6 Å². The number of hydrogen-bond acceptors (Lipinski definition) is 1. The smallest absolute Gasteiger partial charge is 0.0545 e. The van der Waals surface area contributed by atoms with Crippen LogP contribution in [0.1, 0.15) is 46.5 Å². The summed E-state index contributed by atoms with van der Waals surface area (Å²) in [4.78, 5) is 0. The largest absolute Gasteiger partial charge is 0.393 e. The highest BCUT2D eigenvalue weighted by Gasteiger charge is 2.38. The molecule has 0 radical (unpaired) electrons. The molecule has 0 amide bonds. The number of hydrogen-bond donors (Lipinski definition) is 1. The van der Waals surface area contributed by atoms with Crippen LogP contribution in [-0.4, -0.2) is 16.6 Å². The van der Waals surface area contributed by atoms with Gasteiger partial charge >= 0.3 is 0 Å². The van der Waals surface area contributed by atoms with E-state index in [0.717, 1.165) is 25.7 Å². The van der Waals surface area contributed by atoms with E-state index in [0.29, 0.717) is 5.92 Å². The van der Waals surface area contributed by atoms with E-state index in [1.54, 1.807) is 0 Å². The summed E-state index contributed by atoms with van der Waals surface area (Å²) in [6.45, 7) is 10.6. The molecule has 0 aromatic carbocycles. The molecule has 3 unspecified atom stereocenters. The standard InChI is InChI=1S/C13H23ClO/c1-9(15)5-6-11-10(2)12(14)7-8-13(11,3)4/h9,11-12,15H,2,5-8H2,1,3-4H3. The van der Waals surface area contributed by atoms with Crippen molar-refractivity contribution in [3.63, 3.8) is 0 Å². The van der Waals surface area contributed by atoms with Gasteiger partial charge in [0.1, 0.15) is 0 Å². The van der Waals surface area contributed by atoms with Crippen LogP contribution in [0.4, 0.5) is 0 Å². The summed E-state index contributed by atoms with van der Waals surface area (Å²) < 4.78 is 0. The first kappa shape index (κ1) is 13.1. The zero-order valence-electron chi connectivity index (χ0n) is 10.1. The molecule has 88 valence electrons. The molecule has 1 fully saturated rings. The van der Waals surface area contributed by atoms with Gasteiger partial charge in [0.15, 0.2) is 0 Å². The van der Waals surface area contributed by atoms with Gasteiger partial charge < -0.3 is 5.11 Å². The van der Waals surface area contributed by atoms with E-state index in [-0.39, 0.29) is 16.9 Å². The molecule has 0 bridgehead atoms. The lowest BCUT2D eigenvalue weighted by Gasteiger charge is -2.42. The highest BCUT2D eigenvalue weighted by Crippen LogP contribution is 2.47. The quantitative estimate of drug-likeness (QED) is 0.579. The van der Waals surface area contributed by atoms with Crippen LogP contribution >= 0.6 is 11.6 Å². The maximum absolute atomic E-state index is 9.34. The Balaban J connectivity index is 2.66. The maximum atomic E-state index is 9.34. The van der Waals surface area contributed by atoms with Crippen LogP contribution in [0.3, 0.4) is 0 Å². The Kier molecular flexibility index (Phi) is 4.25. The fourth-order valence-corrected chi connectivity index (χ4v) is 2.82. The van der Waals surface area contributed by atoms with Crippen molar-refractivity contribution < 1.29 is 5.11 Å². The molecule has 1 saturated carbocycles. The average molecular weight is 231 g/mol. The van der Waals surface area contributed by atoms with Crippen LogP contribution in [0.15, 0.2) is 12.2 Å². The van der Waals surface area contributed by atoms with Crippen LogP contribution in [0, 0.1) is 11.3 Å². The molecule has 1 rings (SSSR count). The summed E-state index contributed by atoms with van der Waals surface area (Å²) in [6, 6.07) is 0. The fraction of sp³-hybridized carbons (Fsp3) is 0.846. The van der Waals surface area contributed by atoms with Gasteiger partial charge in [0.05, 0.1) is 11.5 Å². The van der Waals surface area contributed by atoms with Crippen LogP contribution in [0.25, 0.3) is 0 Å². The van der Waals surface area contributed by atoms with Crippen molar-refractivity contribution in [2.24, 2.45) is 11.3 Å². The van der Waals surface area contributed by atoms with Crippen molar-refractivity contribution in [1.29, 1.82) is 0 Å². The van der Waals surface area contributed by atoms with Gasteiger partial charge in [-0.2, -0.15) is 0 Å². The van der Waals surface area contributed by atoms with Crippen molar-refractivity contribution in [1.82, 2.24) is 0 Å². The second-order valence-electron chi connectivity index (χ2n) is 5.55. The van der Waals surface area contributed by atoms with Gasteiger partial charge in [0.25, 0.3) is 0 Å². The predicted molar refractivity (Wildman–Crippen MR) is 66.2 cm³/mol. The van der Waals surface area contributed by atoms with E-state index in [9.17, 15) is 5.11 Å². The van der Waals surface area contributed by atoms with Crippen LogP contribution < -0.4 is 0 Å². The van der Waals surface area contributed by atoms with E-state index in [1.165, 1.54) is 5.57 Å². The highest BCUT2D eigenvalue weighted by molar-refractivity contribution is 6.22. The zero-order valence-corrected chi connectivity index (χ0v) is 10.8. The third kappa shape index (κ3) is 3.22. The Labute approximate surface area is 98.5 Å².